The minimum Gasteiger partial charge on any atom is -0.508 e. The molecule has 3 unspecified atom stereocenters. The zero-order valence-electron chi connectivity index (χ0n) is 50.5. The number of rotatable bonds is 22. The molecule has 5 amide bonds. The van der Waals surface area contributed by atoms with Gasteiger partial charge in [0.15, 0.2) is 11.6 Å². The number of nitrogens with zero attached hydrogens (tertiary/aromatic N) is 5. The minimum absolute atomic E-state index is 0.00532. The highest BCUT2D eigenvalue weighted by atomic mass is 16.5. The van der Waals surface area contributed by atoms with Gasteiger partial charge in [-0.1, -0.05) is 48.5 Å². The van der Waals surface area contributed by atoms with Crippen molar-refractivity contribution in [2.45, 2.75) is 121 Å². The molecule has 3 aliphatic rings. The Balaban J connectivity index is 0.000000241. The standard InChI is InChI=1S/C24H30N4O5.C22H28N4O4.C17H24N2O4.CO2/c1-16(29)15-33-20-9-11-28(12-10-20)24(32)21(13-17-5-7-19(30)8-6-17)27-23(31)14-18-3-2-4-22(25)26-18;1-30-18-9-11-26(12-10-18)22(29)19(13-15-5-7-17(27)8-6-15)25-21(28)14-16-3-2-4-20(23)24-16;1-12(20)11-23-15-6-8-19(9-7-15)17(22)16(18)10-13-2-4-14(21)5-3-13;2-1-3/h2-8,20-21,30H,9-15H2,1H3,(H2,25,26)(H,27,31);2-8,18-19,27H,9-14H2,1H3,(H2,23,24)(H,25,28);2-5,15-16,21H,6-11,18H2,1H3;. The Kier molecular flexibility index (Phi) is 29.3. The van der Waals surface area contributed by atoms with Gasteiger partial charge in [-0.15, -0.1) is 0 Å². The van der Waals surface area contributed by atoms with Gasteiger partial charge in [-0.3, -0.25) is 33.6 Å². The fraction of sp³-hybridized carbons (Fsp3) is 0.438. The first-order valence-electron chi connectivity index (χ1n) is 29.3. The molecule has 3 fully saturated rings. The van der Waals surface area contributed by atoms with Crippen molar-refractivity contribution < 1.29 is 72.7 Å². The second-order valence-corrected chi connectivity index (χ2v) is 21.8. The van der Waals surface area contributed by atoms with Gasteiger partial charge < -0.3 is 72.1 Å². The van der Waals surface area contributed by atoms with Crippen LogP contribution in [-0.2, 0) is 89.5 Å². The van der Waals surface area contributed by atoms with E-state index in [1.165, 1.54) is 13.8 Å². The number of anilines is 2. The summed E-state index contributed by atoms with van der Waals surface area (Å²) in [7, 11) is 1.68. The molecule has 8 rings (SSSR count). The van der Waals surface area contributed by atoms with Crippen molar-refractivity contribution in [1.29, 1.82) is 0 Å². The number of nitrogen functional groups attached to an aromatic ring is 2. The Hall–Kier alpha value is -9.13. The number of aromatic nitrogens is 2. The molecule has 0 radical (unpaired) electrons. The van der Waals surface area contributed by atoms with Gasteiger partial charge in [-0.2, -0.15) is 9.59 Å². The first kappa shape index (κ1) is 70.6. The third kappa shape index (κ3) is 25.6. The van der Waals surface area contributed by atoms with E-state index in [4.69, 9.17) is 41.0 Å². The Bertz CT molecular complexity index is 3100. The third-order valence-electron chi connectivity index (χ3n) is 14.7. The first-order chi connectivity index (χ1) is 42.6. The summed E-state index contributed by atoms with van der Waals surface area (Å²) in [6, 6.07) is 28.0. The smallest absolute Gasteiger partial charge is 0.373 e. The Morgan fingerprint density at radius 2 is 0.831 bits per heavy atom. The number of methoxy groups -OCH3 is 1. The number of phenolic OH excluding ortho intramolecular Hbond substituents is 3. The number of benzene rings is 3. The second kappa shape index (κ2) is 36.9. The Morgan fingerprint density at radius 1 is 0.517 bits per heavy atom. The van der Waals surface area contributed by atoms with Gasteiger partial charge in [0.05, 0.1) is 48.6 Å². The van der Waals surface area contributed by atoms with Crippen LogP contribution < -0.4 is 27.8 Å². The number of carbonyl (C=O) groups is 7. The molecule has 5 heterocycles. The largest absolute Gasteiger partial charge is 0.508 e. The maximum atomic E-state index is 13.3. The van der Waals surface area contributed by atoms with Crippen LogP contribution in [0.5, 0.6) is 17.2 Å². The number of likely N-dealkylation sites (tertiary alicyclic amines) is 3. The lowest BCUT2D eigenvalue weighted by Gasteiger charge is -2.34. The van der Waals surface area contributed by atoms with Gasteiger partial charge in [0, 0.05) is 59.2 Å². The molecule has 0 bridgehead atoms. The van der Waals surface area contributed by atoms with Crippen molar-refractivity contribution in [3.8, 4) is 17.2 Å². The molecular weight excluding hydrogens is 1150 g/mol. The fourth-order valence-corrected chi connectivity index (χ4v) is 10.1. The van der Waals surface area contributed by atoms with E-state index in [1.807, 2.05) is 0 Å². The molecule has 2 aromatic heterocycles. The van der Waals surface area contributed by atoms with Crippen LogP contribution in [-0.4, -0.2) is 183 Å². The number of ether oxygens (including phenoxy) is 3. The van der Waals surface area contributed by atoms with Gasteiger partial charge in [0.25, 0.3) is 0 Å². The third-order valence-corrected chi connectivity index (χ3v) is 14.7. The number of pyridine rings is 2. The molecule has 0 aliphatic carbocycles. The quantitative estimate of drug-likeness (QED) is 0.0494. The summed E-state index contributed by atoms with van der Waals surface area (Å²) in [5, 5.41) is 34.0. The average Bonchev–Trinajstić information content (AvgIpc) is 3.71. The van der Waals surface area contributed by atoms with E-state index >= 15 is 0 Å². The SMILES string of the molecule is CC(=O)COC1CCN(C(=O)C(Cc2ccc(O)cc2)NC(=O)Cc2cccc(N)n2)CC1.CC(=O)COC1CCN(C(=O)C(N)Cc2ccc(O)cc2)CC1.COC1CCN(C(=O)C(Cc2ccc(O)cc2)NC(=O)Cc2cccc(N)n2)CC1.O=C=O. The van der Waals surface area contributed by atoms with E-state index < -0.39 is 18.1 Å². The van der Waals surface area contributed by atoms with E-state index in [2.05, 4.69) is 20.6 Å². The lowest BCUT2D eigenvalue weighted by molar-refractivity contribution is -0.192. The second-order valence-electron chi connectivity index (χ2n) is 21.8. The van der Waals surface area contributed by atoms with Gasteiger partial charge in [0.2, 0.25) is 29.5 Å². The minimum atomic E-state index is -0.766. The number of carbonyl (C=O) groups excluding carboxylic acids is 9. The highest BCUT2D eigenvalue weighted by Crippen LogP contribution is 2.21. The van der Waals surface area contributed by atoms with Crippen LogP contribution in [0.4, 0.5) is 11.6 Å². The van der Waals surface area contributed by atoms with Crippen LogP contribution in [0.3, 0.4) is 0 Å². The van der Waals surface area contributed by atoms with Crippen molar-refractivity contribution in [3.05, 3.63) is 137 Å². The number of phenols is 3. The van der Waals surface area contributed by atoms with Gasteiger partial charge in [-0.05, 0) is 136 Å². The van der Waals surface area contributed by atoms with E-state index in [1.54, 1.807) is 131 Å². The highest BCUT2D eigenvalue weighted by Gasteiger charge is 2.32. The summed E-state index contributed by atoms with van der Waals surface area (Å²) in [5.41, 5.74) is 21.0. The summed E-state index contributed by atoms with van der Waals surface area (Å²) in [4.78, 5) is 116. The number of hydrogen-bond acceptors (Lipinski definition) is 20. The Labute approximate surface area is 517 Å². The monoisotopic (exact) mass is 1230 g/mol. The van der Waals surface area contributed by atoms with Crippen molar-refractivity contribution >= 4 is 58.9 Å². The molecule has 25 heteroatoms. The van der Waals surface area contributed by atoms with Crippen LogP contribution in [0.2, 0.25) is 0 Å². The summed E-state index contributed by atoms with van der Waals surface area (Å²) in [6.07, 6.45) is 5.76. The van der Waals surface area contributed by atoms with Gasteiger partial charge in [-0.25, -0.2) is 9.97 Å². The van der Waals surface area contributed by atoms with E-state index in [0.717, 1.165) is 42.4 Å². The number of piperidine rings is 3. The number of nitrogens with one attached hydrogen (secondary N) is 2. The maximum Gasteiger partial charge on any atom is 0.373 e. The van der Waals surface area contributed by atoms with Gasteiger partial charge in [0.1, 0.15) is 54.2 Å². The van der Waals surface area contributed by atoms with Crippen LogP contribution in [0.25, 0.3) is 0 Å². The van der Waals surface area contributed by atoms with Crippen molar-refractivity contribution in [1.82, 2.24) is 35.3 Å². The molecule has 3 aliphatic heterocycles. The van der Waals surface area contributed by atoms with Crippen LogP contribution in [0.1, 0.15) is 80.5 Å². The Morgan fingerprint density at radius 3 is 1.15 bits per heavy atom. The number of aromatic hydroxyl groups is 3. The summed E-state index contributed by atoms with van der Waals surface area (Å²) >= 11 is 0. The van der Waals surface area contributed by atoms with Crippen LogP contribution >= 0.6 is 0 Å². The number of Topliss-reactive ketones (excluding diaryl/α,β-unsaturated/α-hetero) is 2. The highest BCUT2D eigenvalue weighted by molar-refractivity contribution is 5.90. The zero-order chi connectivity index (χ0) is 64.8. The normalized spacial score (nSPS) is 15.3. The maximum absolute atomic E-state index is 13.3. The van der Waals surface area contributed by atoms with Crippen LogP contribution in [0.15, 0.2) is 109 Å². The molecule has 3 saturated heterocycles. The predicted molar refractivity (Wildman–Crippen MR) is 326 cm³/mol. The lowest BCUT2D eigenvalue weighted by atomic mass is 10.0. The predicted octanol–water partition coefficient (Wildman–Crippen LogP) is 2.79. The molecule has 0 saturated carbocycles. The number of hydrogen-bond donors (Lipinski definition) is 8. The van der Waals surface area contributed by atoms with E-state index in [9.17, 15) is 48.9 Å². The fourth-order valence-electron chi connectivity index (χ4n) is 10.1. The molecule has 89 heavy (non-hydrogen) atoms. The van der Waals surface area contributed by atoms with Gasteiger partial charge >= 0.3 is 6.15 Å². The molecule has 11 N–H and O–H groups in total. The first-order valence-corrected chi connectivity index (χ1v) is 29.3. The molecule has 478 valence electrons. The molecule has 5 aromatic rings. The molecule has 0 spiro atoms. The molecule has 25 nitrogen and oxygen atoms in total. The summed E-state index contributed by atoms with van der Waals surface area (Å²) in [6.45, 7) is 6.56. The van der Waals surface area contributed by atoms with E-state index in [-0.39, 0.29) is 115 Å². The molecule has 3 aromatic carbocycles. The van der Waals surface area contributed by atoms with Crippen molar-refractivity contribution in [3.63, 3.8) is 0 Å². The lowest BCUT2D eigenvalue weighted by Crippen LogP contribution is -2.52. The van der Waals surface area contributed by atoms with E-state index in [0.29, 0.717) is 88.0 Å². The van der Waals surface area contributed by atoms with Crippen molar-refractivity contribution in [2.24, 2.45) is 5.73 Å². The average molecular weight is 1230 g/mol. The zero-order valence-corrected chi connectivity index (χ0v) is 50.5. The summed E-state index contributed by atoms with van der Waals surface area (Å²) in [5.74, 6) is 0.148. The summed E-state index contributed by atoms with van der Waals surface area (Å²) < 4.78 is 16.5. The molecule has 3 atom stereocenters. The van der Waals surface area contributed by atoms with Crippen molar-refractivity contribution in [2.75, 3.05) is 71.1 Å². The topological polar surface area (TPSA) is 380 Å². The number of amides is 5. The molecular formula is C64H82N10O15. The van der Waals surface area contributed by atoms with Crippen LogP contribution in [0, 0.1) is 0 Å². The number of ketones is 2. The number of nitrogens with two attached hydrogens (primary N) is 3.